The molecule has 100 valence electrons. The second kappa shape index (κ2) is 6.08. The van der Waals surface area contributed by atoms with Gasteiger partial charge in [-0.05, 0) is 6.92 Å². The van der Waals surface area contributed by atoms with Crippen LogP contribution < -0.4 is 5.32 Å². The van der Waals surface area contributed by atoms with Crippen molar-refractivity contribution in [2.75, 3.05) is 11.1 Å². The van der Waals surface area contributed by atoms with Crippen LogP contribution in [0.3, 0.4) is 0 Å². The molecular formula is C9H8N4O3S3. The van der Waals surface area contributed by atoms with Crippen molar-refractivity contribution >= 4 is 51.4 Å². The van der Waals surface area contributed by atoms with E-state index in [9.17, 15) is 9.59 Å². The molecule has 0 unspecified atom stereocenters. The maximum Gasteiger partial charge on any atom is 0.313 e. The average Bonchev–Trinajstić information content (AvgIpc) is 2.95. The van der Waals surface area contributed by atoms with Crippen molar-refractivity contribution in [3.63, 3.8) is 0 Å². The zero-order valence-electron chi connectivity index (χ0n) is 9.61. The quantitative estimate of drug-likeness (QED) is 0.639. The molecule has 7 nitrogen and oxygen atoms in total. The van der Waals surface area contributed by atoms with Gasteiger partial charge in [-0.3, -0.25) is 14.9 Å². The summed E-state index contributed by atoms with van der Waals surface area (Å²) in [5, 5.41) is 19.8. The normalized spacial score (nSPS) is 10.4. The van der Waals surface area contributed by atoms with Crippen LogP contribution in [0.15, 0.2) is 10.5 Å². The lowest BCUT2D eigenvalue weighted by molar-refractivity contribution is -0.133. The molecule has 0 aliphatic carbocycles. The van der Waals surface area contributed by atoms with Gasteiger partial charge < -0.3 is 5.11 Å². The van der Waals surface area contributed by atoms with Crippen LogP contribution in [0.5, 0.6) is 0 Å². The van der Waals surface area contributed by atoms with Crippen LogP contribution >= 0.6 is 34.4 Å². The largest absolute Gasteiger partial charge is 0.481 e. The fourth-order valence-electron chi connectivity index (χ4n) is 1.07. The third-order valence-electron chi connectivity index (χ3n) is 1.79. The Morgan fingerprint density at radius 1 is 1.42 bits per heavy atom. The minimum absolute atomic E-state index is 0.0867. The van der Waals surface area contributed by atoms with Gasteiger partial charge in [-0.1, -0.05) is 23.1 Å². The first-order valence-electron chi connectivity index (χ1n) is 4.96. The topological polar surface area (TPSA) is 105 Å². The van der Waals surface area contributed by atoms with Gasteiger partial charge in [-0.25, -0.2) is 4.98 Å². The first kappa shape index (κ1) is 13.9. The number of carbonyl (C=O) groups excluding carboxylic acids is 1. The van der Waals surface area contributed by atoms with Crippen molar-refractivity contribution in [1.82, 2.24) is 15.2 Å². The highest BCUT2D eigenvalue weighted by atomic mass is 32.2. The molecule has 0 aliphatic rings. The molecule has 19 heavy (non-hydrogen) atoms. The van der Waals surface area contributed by atoms with Crippen molar-refractivity contribution in [2.24, 2.45) is 0 Å². The van der Waals surface area contributed by atoms with E-state index in [1.54, 1.807) is 0 Å². The van der Waals surface area contributed by atoms with Gasteiger partial charge in [-0.2, -0.15) is 0 Å². The lowest BCUT2D eigenvalue weighted by Crippen LogP contribution is -2.09. The van der Waals surface area contributed by atoms with E-state index in [-0.39, 0.29) is 11.7 Å². The number of nitrogens with zero attached hydrogens (tertiary/aromatic N) is 3. The third kappa shape index (κ3) is 3.98. The van der Waals surface area contributed by atoms with Gasteiger partial charge in [0.15, 0.2) is 4.34 Å². The SMILES string of the molecule is Cc1ncc(C(=O)Nc2nnc(SCC(=O)O)s2)s1. The summed E-state index contributed by atoms with van der Waals surface area (Å²) < 4.78 is 0.498. The maximum atomic E-state index is 11.8. The first-order valence-corrected chi connectivity index (χ1v) is 7.58. The summed E-state index contributed by atoms with van der Waals surface area (Å²) in [7, 11) is 0. The summed E-state index contributed by atoms with van der Waals surface area (Å²) in [4.78, 5) is 26.7. The maximum absolute atomic E-state index is 11.8. The van der Waals surface area contributed by atoms with Crippen LogP contribution in [0.2, 0.25) is 0 Å². The molecule has 0 radical (unpaired) electrons. The smallest absolute Gasteiger partial charge is 0.313 e. The van der Waals surface area contributed by atoms with Crippen molar-refractivity contribution in [1.29, 1.82) is 0 Å². The number of thioether (sulfide) groups is 1. The van der Waals surface area contributed by atoms with Crippen LogP contribution in [0.1, 0.15) is 14.7 Å². The molecule has 2 rings (SSSR count). The van der Waals surface area contributed by atoms with E-state index >= 15 is 0 Å². The number of carbonyl (C=O) groups is 2. The number of aliphatic carboxylic acids is 1. The molecular weight excluding hydrogens is 308 g/mol. The Kier molecular flexibility index (Phi) is 4.45. The van der Waals surface area contributed by atoms with E-state index in [1.807, 2.05) is 6.92 Å². The summed E-state index contributed by atoms with van der Waals surface area (Å²) in [6.45, 7) is 1.81. The number of carboxylic acids is 1. The number of rotatable bonds is 5. The van der Waals surface area contributed by atoms with Crippen molar-refractivity contribution in [3.8, 4) is 0 Å². The Balaban J connectivity index is 1.96. The number of thiazole rings is 1. The summed E-state index contributed by atoms with van der Waals surface area (Å²) in [6, 6.07) is 0. The number of amides is 1. The third-order valence-corrected chi connectivity index (χ3v) is 4.66. The average molecular weight is 316 g/mol. The zero-order valence-corrected chi connectivity index (χ0v) is 12.1. The van der Waals surface area contributed by atoms with Crippen molar-refractivity contribution < 1.29 is 14.7 Å². The molecule has 2 heterocycles. The van der Waals surface area contributed by atoms with Gasteiger partial charge in [0.1, 0.15) is 4.88 Å². The summed E-state index contributed by atoms with van der Waals surface area (Å²) >= 11 is 3.48. The van der Waals surface area contributed by atoms with Gasteiger partial charge in [0.2, 0.25) is 5.13 Å². The molecule has 0 spiro atoms. The highest BCUT2D eigenvalue weighted by molar-refractivity contribution is 8.01. The second-order valence-electron chi connectivity index (χ2n) is 3.25. The first-order chi connectivity index (χ1) is 9.04. The number of nitrogens with one attached hydrogen (secondary N) is 1. The fourth-order valence-corrected chi connectivity index (χ4v) is 3.21. The van der Waals surface area contributed by atoms with Crippen LogP contribution in [0.4, 0.5) is 5.13 Å². The molecule has 2 aromatic heterocycles. The molecule has 1 amide bonds. The Labute approximate surface area is 120 Å². The molecule has 2 N–H and O–H groups in total. The lowest BCUT2D eigenvalue weighted by Gasteiger charge is -1.95. The summed E-state index contributed by atoms with van der Waals surface area (Å²) in [5.74, 6) is -1.31. The summed E-state index contributed by atoms with van der Waals surface area (Å²) in [6.07, 6.45) is 1.50. The van der Waals surface area contributed by atoms with Gasteiger partial charge in [0.25, 0.3) is 5.91 Å². The van der Waals surface area contributed by atoms with E-state index in [4.69, 9.17) is 5.11 Å². The molecule has 0 aromatic carbocycles. The molecule has 2 aromatic rings. The number of hydrogen-bond acceptors (Lipinski definition) is 8. The predicted molar refractivity (Wildman–Crippen MR) is 73.1 cm³/mol. The van der Waals surface area contributed by atoms with Crippen molar-refractivity contribution in [2.45, 2.75) is 11.3 Å². The molecule has 10 heteroatoms. The van der Waals surface area contributed by atoms with Crippen LogP contribution in [-0.4, -0.2) is 37.9 Å². The Morgan fingerprint density at radius 2 is 2.21 bits per heavy atom. The van der Waals surface area contributed by atoms with E-state index in [2.05, 4.69) is 20.5 Å². The molecule has 0 saturated carbocycles. The predicted octanol–water partition coefficient (Wildman–Crippen LogP) is 1.73. The summed E-state index contributed by atoms with van der Waals surface area (Å²) in [5.41, 5.74) is 0. The second-order valence-corrected chi connectivity index (χ2v) is 6.69. The van der Waals surface area contributed by atoms with Crippen LogP contribution in [-0.2, 0) is 4.79 Å². The lowest BCUT2D eigenvalue weighted by atomic mass is 10.5. The van der Waals surface area contributed by atoms with Gasteiger partial charge >= 0.3 is 5.97 Å². The van der Waals surface area contributed by atoms with Crippen LogP contribution in [0.25, 0.3) is 0 Å². The minimum Gasteiger partial charge on any atom is -0.481 e. The van der Waals surface area contributed by atoms with Gasteiger partial charge in [0, 0.05) is 0 Å². The fraction of sp³-hybridized carbons (Fsp3) is 0.222. The minimum atomic E-state index is -0.925. The Hall–Kier alpha value is -1.52. The number of aromatic nitrogens is 3. The van der Waals surface area contributed by atoms with Gasteiger partial charge in [0.05, 0.1) is 17.0 Å². The van der Waals surface area contributed by atoms with Crippen LogP contribution in [0, 0.1) is 6.92 Å². The molecule has 0 fully saturated rings. The van der Waals surface area contributed by atoms with E-state index < -0.39 is 5.97 Å². The number of anilines is 1. The Morgan fingerprint density at radius 3 is 2.84 bits per heavy atom. The zero-order chi connectivity index (χ0) is 13.8. The van der Waals surface area contributed by atoms with E-state index in [0.29, 0.717) is 14.3 Å². The standard InChI is InChI=1S/C9H8N4O3S3/c1-4-10-2-5(18-4)7(16)11-8-12-13-9(19-8)17-3-6(14)15/h2H,3H2,1H3,(H,14,15)(H,11,12,16). The molecule has 0 aliphatic heterocycles. The van der Waals surface area contributed by atoms with E-state index in [1.165, 1.54) is 17.5 Å². The molecule has 0 saturated heterocycles. The highest BCUT2D eigenvalue weighted by Gasteiger charge is 2.13. The monoisotopic (exact) mass is 316 g/mol. The van der Waals surface area contributed by atoms with Crippen molar-refractivity contribution in [3.05, 3.63) is 16.1 Å². The number of hydrogen-bond donors (Lipinski definition) is 2. The number of carboxylic acid groups (broad SMARTS) is 1. The highest BCUT2D eigenvalue weighted by Crippen LogP contribution is 2.25. The number of aryl methyl sites for hydroxylation is 1. The molecule has 0 atom stereocenters. The molecule has 0 bridgehead atoms. The van der Waals surface area contributed by atoms with E-state index in [0.717, 1.165) is 28.1 Å². The van der Waals surface area contributed by atoms with Gasteiger partial charge in [-0.15, -0.1) is 21.5 Å². The Bertz CT molecular complexity index is 609.